The van der Waals surface area contributed by atoms with Gasteiger partial charge in [0.05, 0.1) is 33.9 Å². The molecule has 7 heteroatoms. The number of nitrogens with two attached hydrogens (primary N) is 1. The Hall–Kier alpha value is -1.89. The molecule has 0 amide bonds. The largest absolute Gasteiger partial charge is 0.396 e. The number of rotatable bonds is 5. The lowest BCUT2D eigenvalue weighted by Crippen LogP contribution is -2.12. The van der Waals surface area contributed by atoms with Gasteiger partial charge in [-0.15, -0.1) is 0 Å². The van der Waals surface area contributed by atoms with E-state index in [4.69, 9.17) is 5.73 Å². The van der Waals surface area contributed by atoms with Crippen molar-refractivity contribution in [2.75, 3.05) is 5.73 Å². The first-order chi connectivity index (χ1) is 9.47. The molecule has 6 nitrogen and oxygen atoms in total. The predicted molar refractivity (Wildman–Crippen MR) is 76.8 cm³/mol. The van der Waals surface area contributed by atoms with E-state index in [1.54, 1.807) is 4.68 Å². The van der Waals surface area contributed by atoms with E-state index in [0.29, 0.717) is 12.2 Å². The molecule has 0 fully saturated rings. The van der Waals surface area contributed by atoms with Gasteiger partial charge in [-0.05, 0) is 25.5 Å². The van der Waals surface area contributed by atoms with Crippen LogP contribution in [0.2, 0.25) is 0 Å². The normalized spacial score (nSPS) is 11.7. The number of hydrogen-bond acceptors (Lipinski definition) is 5. The number of aromatic nitrogens is 3. The molecule has 0 spiro atoms. The van der Waals surface area contributed by atoms with E-state index in [2.05, 4.69) is 10.1 Å². The molecular weight excluding hydrogens is 276 g/mol. The first-order valence-electron chi connectivity index (χ1n) is 6.45. The van der Waals surface area contributed by atoms with Crippen LogP contribution in [0.4, 0.5) is 5.69 Å². The maximum absolute atomic E-state index is 12.4. The quantitative estimate of drug-likeness (QED) is 0.900. The van der Waals surface area contributed by atoms with E-state index in [-0.39, 0.29) is 16.3 Å². The third kappa shape index (κ3) is 2.82. The first kappa shape index (κ1) is 14.5. The molecule has 0 aliphatic heterocycles. The number of hydrogen-bond donors (Lipinski definition) is 1. The highest BCUT2D eigenvalue weighted by atomic mass is 32.2. The zero-order valence-corrected chi connectivity index (χ0v) is 12.4. The highest BCUT2D eigenvalue weighted by Gasteiger charge is 2.21. The summed E-state index contributed by atoms with van der Waals surface area (Å²) in [5.41, 5.74) is 7.44. The molecule has 2 aromatic heterocycles. The molecule has 0 aliphatic rings. The standard InChI is InChI=1S/C13H18N4O2S/c1-3-10-7-11(17(4-2)16-10)9-20(18,19)13-5-6-15-8-12(13)14/h5-8H,3-4,9,14H2,1-2H3. The number of anilines is 1. The Morgan fingerprint density at radius 3 is 2.70 bits per heavy atom. The van der Waals surface area contributed by atoms with Crippen molar-refractivity contribution in [3.63, 3.8) is 0 Å². The van der Waals surface area contributed by atoms with Crippen molar-refractivity contribution in [1.82, 2.24) is 14.8 Å². The summed E-state index contributed by atoms with van der Waals surface area (Å²) in [6, 6.07) is 3.26. The Labute approximate surface area is 118 Å². The lowest BCUT2D eigenvalue weighted by molar-refractivity contribution is 0.585. The molecule has 0 aliphatic carbocycles. The lowest BCUT2D eigenvalue weighted by Gasteiger charge is -2.08. The Kier molecular flexibility index (Phi) is 4.08. The van der Waals surface area contributed by atoms with Crippen molar-refractivity contribution >= 4 is 15.5 Å². The lowest BCUT2D eigenvalue weighted by atomic mass is 10.3. The molecule has 2 rings (SSSR count). The number of aryl methyl sites for hydroxylation is 2. The average molecular weight is 294 g/mol. The number of pyridine rings is 1. The Bertz CT molecular complexity index is 707. The fourth-order valence-corrected chi connectivity index (χ4v) is 3.48. The third-order valence-electron chi connectivity index (χ3n) is 3.06. The van der Waals surface area contributed by atoms with Crippen molar-refractivity contribution in [2.24, 2.45) is 0 Å². The summed E-state index contributed by atoms with van der Waals surface area (Å²) in [5, 5.41) is 4.36. The zero-order chi connectivity index (χ0) is 14.8. The van der Waals surface area contributed by atoms with Gasteiger partial charge in [-0.3, -0.25) is 9.67 Å². The van der Waals surface area contributed by atoms with Crippen LogP contribution in [0.5, 0.6) is 0 Å². The fraction of sp³-hybridized carbons (Fsp3) is 0.385. The van der Waals surface area contributed by atoms with Gasteiger partial charge in [-0.25, -0.2) is 8.42 Å². The van der Waals surface area contributed by atoms with Crippen molar-refractivity contribution < 1.29 is 8.42 Å². The van der Waals surface area contributed by atoms with Crippen LogP contribution in [0.3, 0.4) is 0 Å². The highest BCUT2D eigenvalue weighted by molar-refractivity contribution is 7.90. The number of sulfone groups is 1. The number of nitrogens with zero attached hydrogens (tertiary/aromatic N) is 3. The summed E-state index contributed by atoms with van der Waals surface area (Å²) in [5.74, 6) is -0.109. The second kappa shape index (κ2) is 5.62. The summed E-state index contributed by atoms with van der Waals surface area (Å²) in [7, 11) is -3.50. The second-order valence-electron chi connectivity index (χ2n) is 4.47. The molecule has 108 valence electrons. The Morgan fingerprint density at radius 1 is 1.35 bits per heavy atom. The average Bonchev–Trinajstić information content (AvgIpc) is 2.80. The van der Waals surface area contributed by atoms with Crippen LogP contribution in [0.15, 0.2) is 29.4 Å². The van der Waals surface area contributed by atoms with E-state index in [1.165, 1.54) is 18.5 Å². The highest BCUT2D eigenvalue weighted by Crippen LogP contribution is 2.21. The molecule has 0 aromatic carbocycles. The summed E-state index contributed by atoms with van der Waals surface area (Å²) in [6.45, 7) is 4.56. The van der Waals surface area contributed by atoms with Gasteiger partial charge in [0.2, 0.25) is 0 Å². The molecule has 0 unspecified atom stereocenters. The van der Waals surface area contributed by atoms with Crippen LogP contribution >= 0.6 is 0 Å². The maximum Gasteiger partial charge on any atom is 0.186 e. The SMILES string of the molecule is CCc1cc(CS(=O)(=O)c2ccncc2N)n(CC)n1. The van der Waals surface area contributed by atoms with Gasteiger partial charge in [0, 0.05) is 12.7 Å². The molecule has 0 saturated heterocycles. The van der Waals surface area contributed by atoms with Gasteiger partial charge < -0.3 is 5.73 Å². The van der Waals surface area contributed by atoms with Gasteiger partial charge in [0.15, 0.2) is 9.84 Å². The summed E-state index contributed by atoms with van der Waals surface area (Å²) < 4.78 is 26.6. The molecule has 0 bridgehead atoms. The zero-order valence-electron chi connectivity index (χ0n) is 11.6. The van der Waals surface area contributed by atoms with E-state index in [0.717, 1.165) is 12.1 Å². The van der Waals surface area contributed by atoms with E-state index >= 15 is 0 Å². The van der Waals surface area contributed by atoms with Crippen LogP contribution in [-0.4, -0.2) is 23.2 Å². The molecule has 0 saturated carbocycles. The Morgan fingerprint density at radius 2 is 2.10 bits per heavy atom. The van der Waals surface area contributed by atoms with Gasteiger partial charge in [-0.1, -0.05) is 6.92 Å². The van der Waals surface area contributed by atoms with Crippen LogP contribution in [0.25, 0.3) is 0 Å². The van der Waals surface area contributed by atoms with Gasteiger partial charge in [0.25, 0.3) is 0 Å². The van der Waals surface area contributed by atoms with Crippen LogP contribution in [0, 0.1) is 0 Å². The monoisotopic (exact) mass is 294 g/mol. The fourth-order valence-electron chi connectivity index (χ4n) is 2.03. The van der Waals surface area contributed by atoms with Crippen molar-refractivity contribution in [3.05, 3.63) is 35.9 Å². The Balaban J connectivity index is 2.38. The molecule has 20 heavy (non-hydrogen) atoms. The smallest absolute Gasteiger partial charge is 0.186 e. The number of nitrogen functional groups attached to an aromatic ring is 1. The van der Waals surface area contributed by atoms with Gasteiger partial charge in [0.1, 0.15) is 0 Å². The molecule has 2 heterocycles. The first-order valence-corrected chi connectivity index (χ1v) is 8.11. The van der Waals surface area contributed by atoms with Crippen LogP contribution < -0.4 is 5.73 Å². The van der Waals surface area contributed by atoms with E-state index < -0.39 is 9.84 Å². The van der Waals surface area contributed by atoms with E-state index in [9.17, 15) is 8.42 Å². The summed E-state index contributed by atoms with van der Waals surface area (Å²) in [6.07, 6.45) is 3.55. The maximum atomic E-state index is 12.4. The minimum Gasteiger partial charge on any atom is -0.396 e. The van der Waals surface area contributed by atoms with Crippen molar-refractivity contribution in [3.8, 4) is 0 Å². The molecule has 0 atom stereocenters. The van der Waals surface area contributed by atoms with Crippen LogP contribution in [-0.2, 0) is 28.6 Å². The van der Waals surface area contributed by atoms with Crippen LogP contribution in [0.1, 0.15) is 25.2 Å². The topological polar surface area (TPSA) is 90.9 Å². The summed E-state index contributed by atoms with van der Waals surface area (Å²) >= 11 is 0. The summed E-state index contributed by atoms with van der Waals surface area (Å²) in [4.78, 5) is 3.93. The second-order valence-corrected chi connectivity index (χ2v) is 6.43. The molecule has 2 aromatic rings. The minimum atomic E-state index is -3.50. The van der Waals surface area contributed by atoms with Gasteiger partial charge >= 0.3 is 0 Å². The molecule has 2 N–H and O–H groups in total. The van der Waals surface area contributed by atoms with Crippen molar-refractivity contribution in [1.29, 1.82) is 0 Å². The predicted octanol–water partition coefficient (Wildman–Crippen LogP) is 1.42. The minimum absolute atomic E-state index is 0.109. The van der Waals surface area contributed by atoms with E-state index in [1.807, 2.05) is 19.9 Å². The van der Waals surface area contributed by atoms with Gasteiger partial charge in [-0.2, -0.15) is 5.10 Å². The molecular formula is C13H18N4O2S. The molecule has 0 radical (unpaired) electrons. The third-order valence-corrected chi connectivity index (χ3v) is 4.78. The van der Waals surface area contributed by atoms with Crippen molar-refractivity contribution in [2.45, 2.75) is 37.5 Å².